The van der Waals surface area contributed by atoms with Crippen molar-refractivity contribution < 1.29 is 9.11 Å². The molecule has 5 N–H and O–H groups in total. The molecule has 0 bridgehead atoms. The molecule has 7 nitrogen and oxygen atoms in total. The first kappa shape index (κ1) is 19.9. The first-order chi connectivity index (χ1) is 10.8. The molecule has 0 saturated carbocycles. The highest BCUT2D eigenvalue weighted by Gasteiger charge is 2.25. The van der Waals surface area contributed by atoms with E-state index in [1.165, 1.54) is 0 Å². The molecular formula is C13H20Cl3N5O2S. The van der Waals surface area contributed by atoms with Crippen LogP contribution in [0.2, 0.25) is 10.2 Å². The Kier molecular flexibility index (Phi) is 6.15. The second-order valence-electron chi connectivity index (χ2n) is 5.57. The van der Waals surface area contributed by atoms with Crippen LogP contribution in [0.15, 0.2) is 12.4 Å². The van der Waals surface area contributed by atoms with E-state index in [9.17, 15) is 9.11 Å². The van der Waals surface area contributed by atoms with Crippen LogP contribution in [0.4, 0.5) is 5.82 Å². The Balaban J connectivity index is 0.00000208. The number of anilines is 1. The zero-order valence-electron chi connectivity index (χ0n) is 12.9. The van der Waals surface area contributed by atoms with E-state index in [0.29, 0.717) is 35.3 Å². The van der Waals surface area contributed by atoms with E-state index in [1.54, 1.807) is 12.4 Å². The molecule has 0 spiro atoms. The zero-order valence-corrected chi connectivity index (χ0v) is 16.1. The standard InChI is InChI=1S/C13H19Cl2N5O2S.ClH/c1-8(16)9-6-10(14)11-12(15)17-7-20(11)13(9)19-3-2-18-23(21,22)5-4-19;/h6-8,18,21-22H,2-5,16H2,1H3;1H/t8-;/m0./s1. The molecule has 3 heterocycles. The van der Waals surface area contributed by atoms with Crippen molar-refractivity contribution in [2.45, 2.75) is 13.0 Å². The number of aromatic nitrogens is 2. The first-order valence-corrected chi connectivity index (χ1v) is 9.63. The fourth-order valence-electron chi connectivity index (χ4n) is 2.76. The molecule has 1 aliphatic rings. The van der Waals surface area contributed by atoms with Crippen LogP contribution in [0.25, 0.3) is 5.52 Å². The highest BCUT2D eigenvalue weighted by molar-refractivity contribution is 8.22. The lowest BCUT2D eigenvalue weighted by atomic mass is 10.1. The normalized spacial score (nSPS) is 20.3. The number of fused-ring (bicyclic) bond motifs is 1. The Morgan fingerprint density at radius 3 is 2.75 bits per heavy atom. The van der Waals surface area contributed by atoms with Crippen LogP contribution in [0.3, 0.4) is 0 Å². The Bertz CT molecular complexity index is 740. The first-order valence-electron chi connectivity index (χ1n) is 7.16. The lowest BCUT2D eigenvalue weighted by Gasteiger charge is -2.31. The van der Waals surface area contributed by atoms with Gasteiger partial charge in [0.25, 0.3) is 0 Å². The van der Waals surface area contributed by atoms with Crippen LogP contribution in [-0.4, -0.2) is 43.9 Å². The highest BCUT2D eigenvalue weighted by Crippen LogP contribution is 2.38. The van der Waals surface area contributed by atoms with Gasteiger partial charge in [0, 0.05) is 31.2 Å². The van der Waals surface area contributed by atoms with Crippen molar-refractivity contribution in [2.75, 3.05) is 30.3 Å². The van der Waals surface area contributed by atoms with E-state index in [4.69, 9.17) is 28.9 Å². The number of nitrogens with zero attached hydrogens (tertiary/aromatic N) is 3. The molecule has 1 fully saturated rings. The molecule has 1 saturated heterocycles. The Morgan fingerprint density at radius 2 is 2.08 bits per heavy atom. The van der Waals surface area contributed by atoms with Gasteiger partial charge in [0.1, 0.15) is 17.7 Å². The van der Waals surface area contributed by atoms with E-state index in [1.807, 2.05) is 16.2 Å². The van der Waals surface area contributed by atoms with Gasteiger partial charge in [-0.3, -0.25) is 13.5 Å². The van der Waals surface area contributed by atoms with E-state index >= 15 is 0 Å². The third kappa shape index (κ3) is 3.71. The lowest BCUT2D eigenvalue weighted by Crippen LogP contribution is -2.32. The van der Waals surface area contributed by atoms with Crippen LogP contribution in [0.1, 0.15) is 18.5 Å². The molecule has 1 aliphatic heterocycles. The number of hydrogen-bond acceptors (Lipinski definition) is 6. The fourth-order valence-corrected chi connectivity index (χ4v) is 4.38. The van der Waals surface area contributed by atoms with Gasteiger partial charge in [-0.25, -0.2) is 9.71 Å². The van der Waals surface area contributed by atoms with E-state index in [0.717, 1.165) is 11.4 Å². The summed E-state index contributed by atoms with van der Waals surface area (Å²) in [7, 11) is -2.75. The average molecular weight is 417 g/mol. The third-order valence-electron chi connectivity index (χ3n) is 3.87. The molecule has 0 unspecified atom stereocenters. The van der Waals surface area contributed by atoms with E-state index in [-0.39, 0.29) is 24.2 Å². The van der Waals surface area contributed by atoms with Crippen molar-refractivity contribution in [2.24, 2.45) is 5.73 Å². The molecule has 2 aromatic rings. The number of nitrogens with one attached hydrogen (secondary N) is 1. The number of pyridine rings is 1. The maximum absolute atomic E-state index is 9.87. The van der Waals surface area contributed by atoms with Gasteiger partial charge in [-0.1, -0.05) is 23.2 Å². The minimum absolute atomic E-state index is 0. The predicted molar refractivity (Wildman–Crippen MR) is 103 cm³/mol. The summed E-state index contributed by atoms with van der Waals surface area (Å²) < 4.78 is 24.3. The summed E-state index contributed by atoms with van der Waals surface area (Å²) in [5.74, 6) is 1.07. The van der Waals surface area contributed by atoms with Gasteiger partial charge in [0.2, 0.25) is 0 Å². The molecule has 0 aliphatic carbocycles. The van der Waals surface area contributed by atoms with Crippen molar-refractivity contribution in [1.82, 2.24) is 14.1 Å². The molecule has 2 aromatic heterocycles. The highest BCUT2D eigenvalue weighted by atomic mass is 35.5. The van der Waals surface area contributed by atoms with E-state index in [2.05, 4.69) is 9.71 Å². The summed E-state index contributed by atoms with van der Waals surface area (Å²) in [5.41, 5.74) is 7.60. The minimum Gasteiger partial charge on any atom is -0.354 e. The quantitative estimate of drug-likeness (QED) is 0.600. The van der Waals surface area contributed by atoms with Crippen molar-refractivity contribution in [3.8, 4) is 0 Å². The predicted octanol–water partition coefficient (Wildman–Crippen LogP) is 3.16. The second kappa shape index (κ2) is 7.43. The van der Waals surface area contributed by atoms with Crippen LogP contribution >= 0.6 is 46.4 Å². The molecule has 0 radical (unpaired) electrons. The molecule has 0 aromatic carbocycles. The smallest absolute Gasteiger partial charge is 0.156 e. The summed E-state index contributed by atoms with van der Waals surface area (Å²) in [6.45, 7) is 3.40. The number of halogens is 3. The largest absolute Gasteiger partial charge is 0.354 e. The molecule has 3 rings (SSSR count). The summed E-state index contributed by atoms with van der Waals surface area (Å²) in [5, 5.41) is 0.811. The summed E-state index contributed by atoms with van der Waals surface area (Å²) in [4.78, 5) is 6.18. The second-order valence-corrected chi connectivity index (χ2v) is 8.36. The molecule has 136 valence electrons. The topological polar surface area (TPSA) is 99.0 Å². The number of nitrogens with two attached hydrogens (primary N) is 1. The van der Waals surface area contributed by atoms with Crippen molar-refractivity contribution >= 4 is 57.7 Å². The SMILES string of the molecule is C[C@H](N)c1cc(Cl)c2c(Cl)ncn2c1N1CCNS(O)(O)CC1.Cl. The Hall–Kier alpha value is -0.450. The molecule has 1 atom stereocenters. The van der Waals surface area contributed by atoms with Gasteiger partial charge in [0.05, 0.1) is 10.8 Å². The van der Waals surface area contributed by atoms with Gasteiger partial charge in [-0.05, 0) is 13.0 Å². The van der Waals surface area contributed by atoms with Crippen molar-refractivity contribution in [3.05, 3.63) is 28.1 Å². The van der Waals surface area contributed by atoms with Gasteiger partial charge in [-0.2, -0.15) is 0 Å². The van der Waals surface area contributed by atoms with Crippen LogP contribution in [-0.2, 0) is 0 Å². The number of hydrogen-bond donors (Lipinski definition) is 4. The third-order valence-corrected chi connectivity index (χ3v) is 5.85. The van der Waals surface area contributed by atoms with Crippen LogP contribution in [0, 0.1) is 0 Å². The minimum atomic E-state index is -2.75. The van der Waals surface area contributed by atoms with Gasteiger partial charge < -0.3 is 10.6 Å². The van der Waals surface area contributed by atoms with Gasteiger partial charge >= 0.3 is 0 Å². The number of rotatable bonds is 2. The van der Waals surface area contributed by atoms with Crippen molar-refractivity contribution in [3.63, 3.8) is 0 Å². The van der Waals surface area contributed by atoms with Crippen LogP contribution < -0.4 is 15.4 Å². The summed E-state index contributed by atoms with van der Waals surface area (Å²) in [6.07, 6.45) is 1.61. The lowest BCUT2D eigenvalue weighted by molar-refractivity contribution is 0.475. The van der Waals surface area contributed by atoms with Gasteiger partial charge in [0.15, 0.2) is 5.15 Å². The average Bonchev–Trinajstić information content (AvgIpc) is 2.76. The molecule has 24 heavy (non-hydrogen) atoms. The molecule has 0 amide bonds. The monoisotopic (exact) mass is 415 g/mol. The molecular weight excluding hydrogens is 397 g/mol. The van der Waals surface area contributed by atoms with E-state index < -0.39 is 10.8 Å². The molecule has 11 heteroatoms. The van der Waals surface area contributed by atoms with Crippen LogP contribution in [0.5, 0.6) is 0 Å². The maximum atomic E-state index is 9.87. The Labute approximate surface area is 158 Å². The fraction of sp³-hybridized carbons (Fsp3) is 0.462. The summed E-state index contributed by atoms with van der Waals surface area (Å²) in [6, 6.07) is 1.56. The zero-order chi connectivity index (χ0) is 16.8. The van der Waals surface area contributed by atoms with Gasteiger partial charge in [-0.15, -0.1) is 23.2 Å². The Morgan fingerprint density at radius 1 is 1.38 bits per heavy atom. The van der Waals surface area contributed by atoms with Crippen molar-refractivity contribution in [1.29, 1.82) is 0 Å². The summed E-state index contributed by atoms with van der Waals surface area (Å²) >= 11 is 12.5. The maximum Gasteiger partial charge on any atom is 0.156 e. The number of imidazole rings is 1.